The van der Waals surface area contributed by atoms with Gasteiger partial charge >= 0.3 is 0 Å². The molecule has 0 aromatic heterocycles. The Kier molecular flexibility index (Phi) is 7.99. The SMILES string of the molecule is CCS(=O)(=O)Nc1ccc(NC(=O)CCC2CCNC2)cc1C.Cl. The fourth-order valence-corrected chi connectivity index (χ4v) is 3.32. The standard InChI is InChI=1S/C16H25N3O3S.ClH/c1-3-23(21,22)19-15-6-5-14(10-12(15)2)18-16(20)7-4-13-8-9-17-11-13;/h5-6,10,13,17,19H,3-4,7-9,11H2,1-2H3,(H,18,20);1H. The van der Waals surface area contributed by atoms with E-state index in [0.29, 0.717) is 23.7 Å². The molecule has 136 valence electrons. The Labute approximate surface area is 150 Å². The number of sulfonamides is 1. The Bertz CT molecular complexity index is 659. The molecule has 1 fully saturated rings. The number of aryl methyl sites for hydroxylation is 1. The smallest absolute Gasteiger partial charge is 0.232 e. The average molecular weight is 376 g/mol. The molecule has 1 amide bonds. The molecule has 6 nitrogen and oxygen atoms in total. The molecular weight excluding hydrogens is 350 g/mol. The molecule has 3 N–H and O–H groups in total. The van der Waals surface area contributed by atoms with Crippen LogP contribution in [0.4, 0.5) is 11.4 Å². The van der Waals surface area contributed by atoms with Crippen LogP contribution in [0.2, 0.25) is 0 Å². The van der Waals surface area contributed by atoms with Gasteiger partial charge in [0.25, 0.3) is 0 Å². The number of carbonyl (C=O) groups is 1. The van der Waals surface area contributed by atoms with E-state index < -0.39 is 10.0 Å². The lowest BCUT2D eigenvalue weighted by Gasteiger charge is -2.12. The molecule has 8 heteroatoms. The van der Waals surface area contributed by atoms with Gasteiger partial charge in [-0.15, -0.1) is 12.4 Å². The molecule has 0 spiro atoms. The fourth-order valence-electron chi connectivity index (χ4n) is 2.62. The van der Waals surface area contributed by atoms with Crippen LogP contribution in [-0.4, -0.2) is 33.2 Å². The third kappa shape index (κ3) is 6.30. The molecule has 1 unspecified atom stereocenters. The summed E-state index contributed by atoms with van der Waals surface area (Å²) in [7, 11) is -3.29. The third-order valence-corrected chi connectivity index (χ3v) is 5.39. The van der Waals surface area contributed by atoms with Crippen LogP contribution in [0.3, 0.4) is 0 Å². The van der Waals surface area contributed by atoms with Gasteiger partial charge in [-0.05, 0) is 69.5 Å². The zero-order valence-corrected chi connectivity index (χ0v) is 15.7. The van der Waals surface area contributed by atoms with Crippen molar-refractivity contribution in [2.45, 2.75) is 33.1 Å². The quantitative estimate of drug-likeness (QED) is 0.683. The molecule has 1 heterocycles. The minimum Gasteiger partial charge on any atom is -0.326 e. The lowest BCUT2D eigenvalue weighted by atomic mass is 10.0. The number of hydrogen-bond acceptors (Lipinski definition) is 4. The molecule has 24 heavy (non-hydrogen) atoms. The van der Waals surface area contributed by atoms with E-state index in [0.717, 1.165) is 31.5 Å². The maximum atomic E-state index is 12.0. The van der Waals surface area contributed by atoms with E-state index in [4.69, 9.17) is 0 Å². The van der Waals surface area contributed by atoms with Crippen molar-refractivity contribution in [1.29, 1.82) is 0 Å². The van der Waals surface area contributed by atoms with Crippen molar-refractivity contribution in [2.75, 3.05) is 28.9 Å². The van der Waals surface area contributed by atoms with Crippen LogP contribution in [0, 0.1) is 12.8 Å². The topological polar surface area (TPSA) is 87.3 Å². The Balaban J connectivity index is 0.00000288. The van der Waals surface area contributed by atoms with Gasteiger partial charge in [0.05, 0.1) is 11.4 Å². The molecule has 2 rings (SSSR count). The Morgan fingerprint density at radius 3 is 2.71 bits per heavy atom. The number of benzene rings is 1. The van der Waals surface area contributed by atoms with Crippen molar-refractivity contribution >= 4 is 39.7 Å². The minimum atomic E-state index is -3.29. The number of hydrogen-bond donors (Lipinski definition) is 3. The van der Waals surface area contributed by atoms with Gasteiger partial charge in [0.15, 0.2) is 0 Å². The first-order valence-corrected chi connectivity index (χ1v) is 9.66. The second kappa shape index (κ2) is 9.25. The normalized spacial score (nSPS) is 17.2. The van der Waals surface area contributed by atoms with Gasteiger partial charge in [-0.2, -0.15) is 0 Å². The van der Waals surface area contributed by atoms with Crippen molar-refractivity contribution in [3.05, 3.63) is 23.8 Å². The Morgan fingerprint density at radius 1 is 1.38 bits per heavy atom. The van der Waals surface area contributed by atoms with Crippen LogP contribution >= 0.6 is 12.4 Å². The molecule has 1 aliphatic rings. The van der Waals surface area contributed by atoms with Crippen molar-refractivity contribution in [2.24, 2.45) is 5.92 Å². The number of rotatable bonds is 7. The van der Waals surface area contributed by atoms with Gasteiger partial charge in [0, 0.05) is 12.1 Å². The van der Waals surface area contributed by atoms with Crippen LogP contribution in [0.1, 0.15) is 31.7 Å². The van der Waals surface area contributed by atoms with E-state index in [9.17, 15) is 13.2 Å². The van der Waals surface area contributed by atoms with E-state index in [1.54, 1.807) is 25.1 Å². The van der Waals surface area contributed by atoms with E-state index in [-0.39, 0.29) is 24.1 Å². The summed E-state index contributed by atoms with van der Waals surface area (Å²) in [6.45, 7) is 5.44. The number of halogens is 1. The maximum Gasteiger partial charge on any atom is 0.232 e. The molecule has 0 saturated carbocycles. The summed E-state index contributed by atoms with van der Waals surface area (Å²) < 4.78 is 25.7. The average Bonchev–Trinajstić information content (AvgIpc) is 3.01. The molecule has 1 saturated heterocycles. The first kappa shape index (κ1) is 20.7. The molecule has 1 atom stereocenters. The van der Waals surface area contributed by atoms with Gasteiger partial charge in [-0.1, -0.05) is 0 Å². The molecule has 1 aromatic carbocycles. The Hall–Kier alpha value is -1.31. The summed E-state index contributed by atoms with van der Waals surface area (Å²) in [5.41, 5.74) is 2.01. The summed E-state index contributed by atoms with van der Waals surface area (Å²) in [5.74, 6) is 0.618. The largest absolute Gasteiger partial charge is 0.326 e. The Morgan fingerprint density at radius 2 is 2.12 bits per heavy atom. The number of anilines is 2. The first-order valence-electron chi connectivity index (χ1n) is 8.01. The van der Waals surface area contributed by atoms with Crippen LogP contribution in [0.5, 0.6) is 0 Å². The van der Waals surface area contributed by atoms with E-state index in [1.165, 1.54) is 0 Å². The highest BCUT2D eigenvalue weighted by atomic mass is 35.5. The van der Waals surface area contributed by atoms with Gasteiger partial charge in [0.2, 0.25) is 15.9 Å². The monoisotopic (exact) mass is 375 g/mol. The fraction of sp³-hybridized carbons (Fsp3) is 0.562. The van der Waals surface area contributed by atoms with Crippen molar-refractivity contribution < 1.29 is 13.2 Å². The van der Waals surface area contributed by atoms with E-state index >= 15 is 0 Å². The van der Waals surface area contributed by atoms with Crippen LogP contribution in [0.25, 0.3) is 0 Å². The summed E-state index contributed by atoms with van der Waals surface area (Å²) in [6, 6.07) is 5.18. The second-order valence-electron chi connectivity index (χ2n) is 5.98. The highest BCUT2D eigenvalue weighted by Gasteiger charge is 2.16. The van der Waals surface area contributed by atoms with Crippen LogP contribution in [-0.2, 0) is 14.8 Å². The lowest BCUT2D eigenvalue weighted by molar-refractivity contribution is -0.116. The molecule has 0 bridgehead atoms. The predicted octanol–water partition coefficient (Wildman–Crippen LogP) is 2.51. The number of nitrogens with one attached hydrogen (secondary N) is 3. The predicted molar refractivity (Wildman–Crippen MR) is 100 cm³/mol. The molecular formula is C16H26ClN3O3S. The van der Waals surface area contributed by atoms with Gasteiger partial charge < -0.3 is 10.6 Å². The van der Waals surface area contributed by atoms with Gasteiger partial charge in [-0.25, -0.2) is 8.42 Å². The van der Waals surface area contributed by atoms with Crippen LogP contribution in [0.15, 0.2) is 18.2 Å². The van der Waals surface area contributed by atoms with E-state index in [1.807, 2.05) is 6.92 Å². The minimum absolute atomic E-state index is 0. The van der Waals surface area contributed by atoms with Crippen molar-refractivity contribution in [1.82, 2.24) is 5.32 Å². The lowest BCUT2D eigenvalue weighted by Crippen LogP contribution is -2.16. The highest BCUT2D eigenvalue weighted by Crippen LogP contribution is 2.21. The van der Waals surface area contributed by atoms with Crippen molar-refractivity contribution in [3.8, 4) is 0 Å². The maximum absolute atomic E-state index is 12.0. The van der Waals surface area contributed by atoms with Gasteiger partial charge in [0.1, 0.15) is 0 Å². The van der Waals surface area contributed by atoms with Gasteiger partial charge in [-0.3, -0.25) is 9.52 Å². The molecule has 0 aliphatic carbocycles. The third-order valence-electron chi connectivity index (χ3n) is 4.10. The zero-order chi connectivity index (χ0) is 16.9. The molecule has 0 radical (unpaired) electrons. The zero-order valence-electron chi connectivity index (χ0n) is 14.1. The summed E-state index contributed by atoms with van der Waals surface area (Å²) in [6.07, 6.45) is 2.54. The second-order valence-corrected chi connectivity index (χ2v) is 7.99. The highest BCUT2D eigenvalue weighted by molar-refractivity contribution is 7.92. The summed E-state index contributed by atoms with van der Waals surface area (Å²) >= 11 is 0. The van der Waals surface area contributed by atoms with Crippen molar-refractivity contribution in [3.63, 3.8) is 0 Å². The van der Waals surface area contributed by atoms with Crippen LogP contribution < -0.4 is 15.4 Å². The first-order chi connectivity index (χ1) is 10.9. The summed E-state index contributed by atoms with van der Waals surface area (Å²) in [4.78, 5) is 12.0. The molecule has 1 aromatic rings. The number of carbonyl (C=O) groups excluding carboxylic acids is 1. The molecule has 1 aliphatic heterocycles. The van der Waals surface area contributed by atoms with E-state index in [2.05, 4.69) is 15.4 Å². The summed E-state index contributed by atoms with van der Waals surface area (Å²) in [5, 5.41) is 6.17. The number of amides is 1.